The van der Waals surface area contributed by atoms with Crippen LogP contribution in [-0.4, -0.2) is 84.7 Å². The summed E-state index contributed by atoms with van der Waals surface area (Å²) < 4.78 is 12.0. The van der Waals surface area contributed by atoms with Gasteiger partial charge in [-0.05, 0) is 82.4 Å². The van der Waals surface area contributed by atoms with Crippen molar-refractivity contribution in [3.05, 3.63) is 94.2 Å². The molecule has 15 nitrogen and oxygen atoms in total. The second-order valence-corrected chi connectivity index (χ2v) is 15.5. The fourth-order valence-electron chi connectivity index (χ4n) is 7.17. The van der Waals surface area contributed by atoms with Crippen LogP contribution in [0.2, 0.25) is 0 Å². The molecule has 7 rings (SSSR count). The highest BCUT2D eigenvalue weighted by molar-refractivity contribution is 5.89. The van der Waals surface area contributed by atoms with Crippen LogP contribution in [0.1, 0.15) is 88.8 Å². The molecule has 0 radical (unpaired) electrons. The third-order valence-electron chi connectivity index (χ3n) is 10.2. The molecule has 0 spiro atoms. The van der Waals surface area contributed by atoms with Crippen molar-refractivity contribution in [2.24, 2.45) is 0 Å². The van der Waals surface area contributed by atoms with E-state index in [0.29, 0.717) is 36.9 Å². The molecule has 1 aromatic carbocycles. The lowest BCUT2D eigenvalue weighted by molar-refractivity contribution is -0.122. The first-order valence-electron chi connectivity index (χ1n) is 18.8. The van der Waals surface area contributed by atoms with Crippen LogP contribution in [0.4, 0.5) is 16.6 Å². The average molecular weight is 753 g/mol. The zero-order valence-electron chi connectivity index (χ0n) is 32.5. The van der Waals surface area contributed by atoms with Crippen molar-refractivity contribution in [3.63, 3.8) is 0 Å². The van der Waals surface area contributed by atoms with Gasteiger partial charge in [0, 0.05) is 49.4 Å². The van der Waals surface area contributed by atoms with Crippen LogP contribution in [0.15, 0.2) is 71.8 Å². The van der Waals surface area contributed by atoms with E-state index < -0.39 is 0 Å². The molecule has 1 aliphatic heterocycles. The lowest BCUT2D eigenvalue weighted by Gasteiger charge is -2.33. The van der Waals surface area contributed by atoms with Crippen molar-refractivity contribution in [1.29, 1.82) is 0 Å². The minimum atomic E-state index is -0.349. The van der Waals surface area contributed by atoms with Crippen molar-refractivity contribution < 1.29 is 19.4 Å². The van der Waals surface area contributed by atoms with Crippen molar-refractivity contribution in [1.82, 2.24) is 39.2 Å². The first kappa shape index (κ1) is 39.0. The molecule has 0 bridgehead atoms. The number of nitrogens with zero attached hydrogens (tertiary/aromatic N) is 8. The molecular formula is C40H52N10O5. The number of urea groups is 1. The van der Waals surface area contributed by atoms with E-state index in [2.05, 4.69) is 65.6 Å². The Bertz CT molecular complexity index is 2170. The predicted molar refractivity (Wildman–Crippen MR) is 211 cm³/mol. The van der Waals surface area contributed by atoms with Gasteiger partial charge in [0.1, 0.15) is 17.7 Å². The third-order valence-corrected chi connectivity index (χ3v) is 10.2. The van der Waals surface area contributed by atoms with E-state index in [1.807, 2.05) is 66.0 Å². The van der Waals surface area contributed by atoms with E-state index >= 15 is 0 Å². The standard InChI is InChI=1S/C39H50N10O3.CH2O2/c1-26-11-9-10-19-47(26)38-43-42-34-17-14-28(25-48(34)38)52-32-16-15-31(29-12-7-8-13-30(29)32)40-37(51)41-35-24-33(39(2,3)4)44-49(35)27-18-20-46(36(50)23-27)22-21-45(5)6;2-1-3/h7-8,12-14,17-18,20,23-26,31-32H,9-11,15-16,19,21-22H2,1-6H3,(H2,40,41,51);1H,(H,2,3)/t26-,31-,32+;/m0./s1. The molecule has 3 atom stereocenters. The number of nitrogens with one attached hydrogen (secondary N) is 2. The van der Waals surface area contributed by atoms with Crippen molar-refractivity contribution >= 4 is 29.9 Å². The van der Waals surface area contributed by atoms with Crippen LogP contribution in [-0.2, 0) is 16.8 Å². The Labute approximate surface area is 320 Å². The second kappa shape index (κ2) is 16.8. The van der Waals surface area contributed by atoms with Gasteiger partial charge in [0.25, 0.3) is 12.0 Å². The number of hydrogen-bond acceptors (Lipinski definition) is 9. The summed E-state index contributed by atoms with van der Waals surface area (Å²) in [4.78, 5) is 39.4. The molecule has 4 aromatic heterocycles. The Kier molecular flexibility index (Phi) is 11.9. The number of amides is 2. The van der Waals surface area contributed by atoms with Gasteiger partial charge in [0.05, 0.1) is 23.6 Å². The lowest BCUT2D eigenvalue weighted by Crippen LogP contribution is -2.38. The van der Waals surface area contributed by atoms with Gasteiger partial charge >= 0.3 is 6.03 Å². The SMILES string of the molecule is C[C@H]1CCCCN1c1nnc2ccc(O[C@@H]3CC[C@H](NC(=O)Nc4cc(C(C)(C)C)nn4-c4ccn(CCN(C)C)c(=O)c4)c4ccccc43)cn12.O=CO. The zero-order valence-corrected chi connectivity index (χ0v) is 32.5. The minimum Gasteiger partial charge on any atom is -0.484 e. The summed E-state index contributed by atoms with van der Waals surface area (Å²) in [7, 11) is 3.95. The van der Waals surface area contributed by atoms with Gasteiger partial charge in [-0.3, -0.25) is 19.3 Å². The molecule has 1 aliphatic carbocycles. The highest BCUT2D eigenvalue weighted by atomic mass is 16.5. The topological polar surface area (TPSA) is 164 Å². The van der Waals surface area contributed by atoms with Crippen LogP contribution >= 0.6 is 0 Å². The lowest BCUT2D eigenvalue weighted by atomic mass is 9.85. The summed E-state index contributed by atoms with van der Waals surface area (Å²) in [6.07, 6.45) is 8.53. The largest absolute Gasteiger partial charge is 0.484 e. The minimum absolute atomic E-state index is 0.128. The normalized spacial score (nSPS) is 18.3. The second-order valence-electron chi connectivity index (χ2n) is 15.5. The summed E-state index contributed by atoms with van der Waals surface area (Å²) >= 11 is 0. The fraction of sp³-hybridized carbons (Fsp3) is 0.450. The van der Waals surface area contributed by atoms with Crippen LogP contribution in [0, 0.1) is 0 Å². The summed E-state index contributed by atoms with van der Waals surface area (Å²) in [5, 5.41) is 26.9. The fourth-order valence-corrected chi connectivity index (χ4v) is 7.17. The number of aromatic nitrogens is 6. The number of ether oxygens (including phenoxy) is 1. The van der Waals surface area contributed by atoms with Crippen LogP contribution in [0.5, 0.6) is 5.75 Å². The Hall–Kier alpha value is -5.70. The van der Waals surface area contributed by atoms with Crippen molar-refractivity contribution in [2.75, 3.05) is 37.4 Å². The summed E-state index contributed by atoms with van der Waals surface area (Å²) in [6, 6.07) is 17.2. The molecule has 0 unspecified atom stereocenters. The summed E-state index contributed by atoms with van der Waals surface area (Å²) in [6.45, 7) is 10.5. The number of carbonyl (C=O) groups excluding carboxylic acids is 1. The van der Waals surface area contributed by atoms with E-state index in [9.17, 15) is 9.59 Å². The van der Waals surface area contributed by atoms with Crippen LogP contribution in [0.3, 0.4) is 0 Å². The molecule has 5 aromatic rings. The van der Waals surface area contributed by atoms with Gasteiger partial charge in [-0.1, -0.05) is 45.0 Å². The van der Waals surface area contributed by atoms with Crippen LogP contribution < -0.4 is 25.8 Å². The molecule has 2 aliphatic rings. The van der Waals surface area contributed by atoms with Gasteiger partial charge in [0.15, 0.2) is 5.65 Å². The monoisotopic (exact) mass is 752 g/mol. The molecule has 5 heterocycles. The number of piperidine rings is 1. The maximum Gasteiger partial charge on any atom is 0.320 e. The predicted octanol–water partition coefficient (Wildman–Crippen LogP) is 5.79. The number of pyridine rings is 2. The zero-order chi connectivity index (χ0) is 39.3. The first-order chi connectivity index (χ1) is 26.4. The molecule has 2 amide bonds. The number of carbonyl (C=O) groups is 2. The van der Waals surface area contributed by atoms with Gasteiger partial charge in [-0.25, -0.2) is 9.48 Å². The van der Waals surface area contributed by atoms with E-state index in [-0.39, 0.29) is 35.6 Å². The number of anilines is 2. The molecule has 15 heteroatoms. The number of fused-ring (bicyclic) bond motifs is 2. The molecule has 292 valence electrons. The van der Waals surface area contributed by atoms with E-state index in [1.54, 1.807) is 21.5 Å². The Morgan fingerprint density at radius 1 is 1.04 bits per heavy atom. The number of benzene rings is 1. The summed E-state index contributed by atoms with van der Waals surface area (Å²) in [5.41, 5.74) is 3.83. The first-order valence-corrected chi connectivity index (χ1v) is 18.8. The average Bonchev–Trinajstić information content (AvgIpc) is 3.77. The number of rotatable bonds is 9. The molecule has 0 saturated carbocycles. The maximum absolute atomic E-state index is 13.7. The van der Waals surface area contributed by atoms with Gasteiger partial charge < -0.3 is 29.5 Å². The molecule has 1 saturated heterocycles. The molecule has 3 N–H and O–H groups in total. The van der Waals surface area contributed by atoms with E-state index in [0.717, 1.165) is 60.1 Å². The quantitative estimate of drug-likeness (QED) is 0.157. The van der Waals surface area contributed by atoms with Crippen molar-refractivity contribution in [2.45, 2.75) is 89.9 Å². The Morgan fingerprint density at radius 3 is 2.51 bits per heavy atom. The Balaban J connectivity index is 0.00000166. The third kappa shape index (κ3) is 8.99. The highest BCUT2D eigenvalue weighted by Gasteiger charge is 2.31. The maximum atomic E-state index is 13.7. The van der Waals surface area contributed by atoms with Crippen LogP contribution in [0.25, 0.3) is 11.3 Å². The molecular weight excluding hydrogens is 701 g/mol. The number of carboxylic acid groups (broad SMARTS) is 1. The Morgan fingerprint density at radius 2 is 1.80 bits per heavy atom. The van der Waals surface area contributed by atoms with E-state index in [4.69, 9.17) is 19.7 Å². The highest BCUT2D eigenvalue weighted by Crippen LogP contribution is 2.39. The van der Waals surface area contributed by atoms with Crippen molar-refractivity contribution in [3.8, 4) is 11.4 Å². The molecule has 1 fully saturated rings. The van der Waals surface area contributed by atoms with E-state index in [1.165, 1.54) is 6.42 Å². The molecule has 55 heavy (non-hydrogen) atoms. The number of likely N-dealkylation sites (N-methyl/N-ethyl adjacent to an activating group) is 1. The summed E-state index contributed by atoms with van der Waals surface area (Å²) in [5.74, 6) is 2.09. The smallest absolute Gasteiger partial charge is 0.320 e. The number of hydrogen-bond donors (Lipinski definition) is 3. The van der Waals surface area contributed by atoms with Gasteiger partial charge in [-0.15, -0.1) is 10.2 Å². The van der Waals surface area contributed by atoms with Gasteiger partial charge in [0.2, 0.25) is 5.95 Å². The van der Waals surface area contributed by atoms with Gasteiger partial charge in [-0.2, -0.15) is 5.10 Å².